The maximum atomic E-state index is 13.0. The molecular formula is C20H19N3O5S. The lowest BCUT2D eigenvalue weighted by molar-refractivity contribution is -0.121. The highest BCUT2D eigenvalue weighted by atomic mass is 32.2. The molecule has 3 aromatic rings. The van der Waals surface area contributed by atoms with Crippen molar-refractivity contribution in [2.75, 3.05) is 6.54 Å². The van der Waals surface area contributed by atoms with E-state index in [9.17, 15) is 18.3 Å². The number of phenolic OH excluding ortho intramolecular Hbond substituents is 1. The Morgan fingerprint density at radius 3 is 2.59 bits per heavy atom. The average Bonchev–Trinajstić information content (AvgIpc) is 3.21. The van der Waals surface area contributed by atoms with E-state index in [0.717, 1.165) is 4.31 Å². The molecule has 0 saturated heterocycles. The zero-order valence-corrected chi connectivity index (χ0v) is 16.1. The molecular weight excluding hydrogens is 394 g/mol. The molecule has 0 aliphatic heterocycles. The first-order valence-corrected chi connectivity index (χ1v) is 10.1. The number of hydrogen-bond donors (Lipinski definition) is 2. The molecule has 1 heterocycles. The lowest BCUT2D eigenvalue weighted by atomic mass is 10.2. The summed E-state index contributed by atoms with van der Waals surface area (Å²) in [6.07, 6.45) is 2.78. The van der Waals surface area contributed by atoms with E-state index in [0.29, 0.717) is 11.3 Å². The Hall–Kier alpha value is -3.43. The lowest BCUT2D eigenvalue weighted by Gasteiger charge is -2.20. The van der Waals surface area contributed by atoms with E-state index in [-0.39, 0.29) is 17.2 Å². The smallest absolute Gasteiger partial charge is 0.255 e. The first-order chi connectivity index (χ1) is 13.9. The van der Waals surface area contributed by atoms with Crippen LogP contribution in [-0.2, 0) is 21.4 Å². The van der Waals surface area contributed by atoms with Crippen LogP contribution >= 0.6 is 0 Å². The second kappa shape index (κ2) is 9.18. The molecule has 0 unspecified atom stereocenters. The fraction of sp³-hybridized carbons (Fsp3) is 0.100. The molecule has 3 rings (SSSR count). The number of aromatic hydroxyl groups is 1. The molecule has 0 aliphatic rings. The standard InChI is InChI=1S/C20H19N3O5S/c24-17-7-4-6-16(12-17)13-21-22-20(25)15-23(14-18-8-5-11-28-18)29(26,27)19-9-2-1-3-10-19/h1-13,24H,14-15H2,(H,22,25)/b21-13-. The molecule has 1 amide bonds. The van der Waals surface area contributed by atoms with Crippen LogP contribution in [0.1, 0.15) is 11.3 Å². The van der Waals surface area contributed by atoms with Gasteiger partial charge in [-0.15, -0.1) is 0 Å². The van der Waals surface area contributed by atoms with Crippen molar-refractivity contribution in [3.8, 4) is 5.75 Å². The van der Waals surface area contributed by atoms with Crippen LogP contribution < -0.4 is 5.43 Å². The maximum absolute atomic E-state index is 13.0. The molecule has 8 nitrogen and oxygen atoms in total. The van der Waals surface area contributed by atoms with Gasteiger partial charge in [-0.05, 0) is 42.0 Å². The highest BCUT2D eigenvalue weighted by Gasteiger charge is 2.27. The van der Waals surface area contributed by atoms with Crippen LogP contribution in [0.15, 0.2) is 87.4 Å². The van der Waals surface area contributed by atoms with E-state index in [1.807, 2.05) is 0 Å². The van der Waals surface area contributed by atoms with E-state index in [1.54, 1.807) is 42.5 Å². The molecule has 0 radical (unpaired) electrons. The third-order valence-corrected chi connectivity index (χ3v) is 5.69. The van der Waals surface area contributed by atoms with Crippen molar-refractivity contribution < 1.29 is 22.7 Å². The van der Waals surface area contributed by atoms with Crippen LogP contribution in [0.2, 0.25) is 0 Å². The van der Waals surface area contributed by atoms with Crippen LogP contribution in [0, 0.1) is 0 Å². The summed E-state index contributed by atoms with van der Waals surface area (Å²) in [5.41, 5.74) is 2.87. The maximum Gasteiger partial charge on any atom is 0.255 e. The zero-order valence-electron chi connectivity index (χ0n) is 15.3. The van der Waals surface area contributed by atoms with Crippen molar-refractivity contribution in [2.45, 2.75) is 11.4 Å². The molecule has 150 valence electrons. The van der Waals surface area contributed by atoms with Crippen molar-refractivity contribution >= 4 is 22.1 Å². The fourth-order valence-electron chi connectivity index (χ4n) is 2.52. The number of amides is 1. The van der Waals surface area contributed by atoms with Gasteiger partial charge >= 0.3 is 0 Å². The second-order valence-electron chi connectivity index (χ2n) is 6.05. The number of benzene rings is 2. The summed E-state index contributed by atoms with van der Waals surface area (Å²) in [5, 5.41) is 13.2. The zero-order chi connectivity index (χ0) is 20.7. The van der Waals surface area contributed by atoms with Crippen LogP contribution in [0.25, 0.3) is 0 Å². The normalized spacial score (nSPS) is 11.8. The number of carbonyl (C=O) groups excluding carboxylic acids is 1. The number of furan rings is 1. The van der Waals surface area contributed by atoms with E-state index in [1.165, 1.54) is 36.7 Å². The molecule has 0 bridgehead atoms. The topological polar surface area (TPSA) is 112 Å². The SMILES string of the molecule is O=C(CN(Cc1ccco1)S(=O)(=O)c1ccccc1)N/N=C\c1cccc(O)c1. The highest BCUT2D eigenvalue weighted by molar-refractivity contribution is 7.89. The van der Waals surface area contributed by atoms with Gasteiger partial charge in [-0.2, -0.15) is 9.41 Å². The van der Waals surface area contributed by atoms with Gasteiger partial charge in [0.15, 0.2) is 0 Å². The third-order valence-electron chi connectivity index (χ3n) is 3.89. The predicted molar refractivity (Wildman–Crippen MR) is 107 cm³/mol. The van der Waals surface area contributed by atoms with Crippen molar-refractivity contribution in [1.82, 2.24) is 9.73 Å². The van der Waals surface area contributed by atoms with Gasteiger partial charge in [0, 0.05) is 0 Å². The molecule has 2 aromatic carbocycles. The Labute approximate surface area is 168 Å². The lowest BCUT2D eigenvalue weighted by Crippen LogP contribution is -2.38. The minimum Gasteiger partial charge on any atom is -0.508 e. The molecule has 2 N–H and O–H groups in total. The predicted octanol–water partition coefficient (Wildman–Crippen LogP) is 2.33. The van der Waals surface area contributed by atoms with Gasteiger partial charge in [-0.1, -0.05) is 30.3 Å². The van der Waals surface area contributed by atoms with E-state index in [4.69, 9.17) is 4.42 Å². The van der Waals surface area contributed by atoms with Gasteiger partial charge < -0.3 is 9.52 Å². The number of rotatable bonds is 8. The molecule has 0 atom stereocenters. The van der Waals surface area contributed by atoms with Crippen molar-refractivity contribution in [3.05, 3.63) is 84.3 Å². The average molecular weight is 413 g/mol. The number of carbonyl (C=O) groups is 1. The fourth-order valence-corrected chi connectivity index (χ4v) is 3.91. The van der Waals surface area contributed by atoms with Gasteiger partial charge in [0.25, 0.3) is 5.91 Å². The Morgan fingerprint density at radius 1 is 1.10 bits per heavy atom. The molecule has 0 aliphatic carbocycles. The van der Waals surface area contributed by atoms with E-state index < -0.39 is 22.5 Å². The van der Waals surface area contributed by atoms with Crippen molar-refractivity contribution in [1.29, 1.82) is 0 Å². The summed E-state index contributed by atoms with van der Waals surface area (Å²) in [6, 6.07) is 17.4. The Morgan fingerprint density at radius 2 is 1.90 bits per heavy atom. The number of hydrogen-bond acceptors (Lipinski definition) is 6. The van der Waals surface area contributed by atoms with Crippen LogP contribution in [-0.4, -0.2) is 36.5 Å². The summed E-state index contributed by atoms with van der Waals surface area (Å²) < 4.78 is 32.2. The summed E-state index contributed by atoms with van der Waals surface area (Å²) in [7, 11) is -3.93. The minimum absolute atomic E-state index is 0.0684. The Balaban J connectivity index is 1.73. The number of phenols is 1. The van der Waals surface area contributed by atoms with Crippen LogP contribution in [0.4, 0.5) is 0 Å². The van der Waals surface area contributed by atoms with Gasteiger partial charge in [0.2, 0.25) is 10.0 Å². The first-order valence-electron chi connectivity index (χ1n) is 8.64. The first kappa shape index (κ1) is 20.3. The third kappa shape index (κ3) is 5.53. The molecule has 1 aromatic heterocycles. The van der Waals surface area contributed by atoms with Crippen molar-refractivity contribution in [2.24, 2.45) is 5.10 Å². The summed E-state index contributed by atoms with van der Waals surface area (Å²) in [4.78, 5) is 12.4. The van der Waals surface area contributed by atoms with Gasteiger partial charge in [0.1, 0.15) is 11.5 Å². The number of sulfonamides is 1. The van der Waals surface area contributed by atoms with Gasteiger partial charge in [-0.3, -0.25) is 4.79 Å². The highest BCUT2D eigenvalue weighted by Crippen LogP contribution is 2.18. The van der Waals surface area contributed by atoms with Gasteiger partial charge in [0.05, 0.1) is 30.5 Å². The molecule has 29 heavy (non-hydrogen) atoms. The van der Waals surface area contributed by atoms with Crippen LogP contribution in [0.3, 0.4) is 0 Å². The molecule has 0 saturated carbocycles. The Bertz CT molecular complexity index is 1080. The quantitative estimate of drug-likeness (QED) is 0.435. The number of nitrogens with one attached hydrogen (secondary N) is 1. The molecule has 0 fully saturated rings. The molecule has 0 spiro atoms. The van der Waals surface area contributed by atoms with Gasteiger partial charge in [-0.25, -0.2) is 13.8 Å². The van der Waals surface area contributed by atoms with Crippen molar-refractivity contribution in [3.63, 3.8) is 0 Å². The van der Waals surface area contributed by atoms with E-state index in [2.05, 4.69) is 10.5 Å². The molecule has 9 heteroatoms. The Kier molecular flexibility index (Phi) is 6.43. The minimum atomic E-state index is -3.93. The summed E-state index contributed by atoms with van der Waals surface area (Å²) in [6.45, 7) is -0.552. The number of nitrogens with zero attached hydrogens (tertiary/aromatic N) is 2. The summed E-state index contributed by atoms with van der Waals surface area (Å²) >= 11 is 0. The largest absolute Gasteiger partial charge is 0.508 e. The van der Waals surface area contributed by atoms with E-state index >= 15 is 0 Å². The summed E-state index contributed by atoms with van der Waals surface area (Å²) in [5.74, 6) is -0.146. The van der Waals surface area contributed by atoms with Crippen LogP contribution in [0.5, 0.6) is 5.75 Å². The monoisotopic (exact) mass is 413 g/mol. The second-order valence-corrected chi connectivity index (χ2v) is 7.99. The number of hydrazone groups is 1.